The van der Waals surface area contributed by atoms with E-state index < -0.39 is 34.5 Å². The van der Waals surface area contributed by atoms with Crippen LogP contribution in [-0.4, -0.2) is 26.5 Å². The second-order valence-electron chi connectivity index (χ2n) is 7.29. The van der Waals surface area contributed by atoms with Gasteiger partial charge in [0.25, 0.3) is 11.5 Å². The molecule has 0 unspecified atom stereocenters. The first kappa shape index (κ1) is 22.6. The average Bonchev–Trinajstić information content (AvgIpc) is 3.05. The number of para-hydroxylation sites is 1. The smallest absolute Gasteiger partial charge is 0.284 e. The van der Waals surface area contributed by atoms with Gasteiger partial charge in [0.05, 0.1) is 17.1 Å². The third-order valence-corrected chi connectivity index (χ3v) is 5.15. The monoisotopic (exact) mass is 464 g/mol. The van der Waals surface area contributed by atoms with Crippen molar-refractivity contribution in [2.75, 3.05) is 5.32 Å². The Labute approximate surface area is 192 Å². The summed E-state index contributed by atoms with van der Waals surface area (Å²) in [4.78, 5) is 40.4. The zero-order valence-corrected chi connectivity index (χ0v) is 18.1. The first-order chi connectivity index (χ1) is 16.3. The fourth-order valence-corrected chi connectivity index (χ4v) is 3.40. The van der Waals surface area contributed by atoms with Crippen molar-refractivity contribution >= 4 is 17.9 Å². The molecule has 0 spiro atoms. The molecule has 2 aromatic heterocycles. The van der Waals surface area contributed by atoms with Crippen molar-refractivity contribution in [3.05, 3.63) is 99.7 Å². The van der Waals surface area contributed by atoms with E-state index in [4.69, 9.17) is 4.74 Å². The Morgan fingerprint density at radius 1 is 1.09 bits per heavy atom. The molecule has 0 fully saturated rings. The Bertz CT molecular complexity index is 1460. The predicted octanol–water partition coefficient (Wildman–Crippen LogP) is 4.01. The molecule has 8 nitrogen and oxygen atoms in total. The van der Waals surface area contributed by atoms with E-state index in [1.807, 2.05) is 0 Å². The number of benzene rings is 2. The van der Waals surface area contributed by atoms with E-state index in [2.05, 4.69) is 10.3 Å². The van der Waals surface area contributed by atoms with Crippen LogP contribution in [0.3, 0.4) is 0 Å². The molecule has 0 saturated heterocycles. The summed E-state index contributed by atoms with van der Waals surface area (Å²) in [5.41, 5.74) is -0.327. The van der Waals surface area contributed by atoms with Gasteiger partial charge in [-0.3, -0.25) is 24.0 Å². The van der Waals surface area contributed by atoms with Gasteiger partial charge in [-0.15, -0.1) is 0 Å². The molecule has 0 aliphatic rings. The quantitative estimate of drug-likeness (QED) is 0.435. The van der Waals surface area contributed by atoms with Gasteiger partial charge in [0.1, 0.15) is 17.0 Å². The standard InChI is InChI=1S/C24H18F2N4O4/c1-14-22(24(33)30(29(14)2)16-6-4-3-5-7-16)23(32)28-20-11-19(26)21(12-18(20)25)34-17-8-9-27-15(10-17)13-31/h3-13H,1-2H3,(H,28,32). The van der Waals surface area contributed by atoms with Crippen LogP contribution in [0.15, 0.2) is 65.6 Å². The highest BCUT2D eigenvalue weighted by molar-refractivity contribution is 6.05. The van der Waals surface area contributed by atoms with Crippen molar-refractivity contribution in [1.82, 2.24) is 14.3 Å². The summed E-state index contributed by atoms with van der Waals surface area (Å²) in [5, 5.41) is 2.26. The van der Waals surface area contributed by atoms with Gasteiger partial charge in [-0.05, 0) is 25.1 Å². The maximum Gasteiger partial charge on any atom is 0.284 e. The highest BCUT2D eigenvalue weighted by Crippen LogP contribution is 2.29. The van der Waals surface area contributed by atoms with Gasteiger partial charge >= 0.3 is 0 Å². The van der Waals surface area contributed by atoms with Crippen LogP contribution in [0, 0.1) is 18.6 Å². The maximum atomic E-state index is 14.7. The SMILES string of the molecule is Cc1c(C(=O)Nc2cc(F)c(Oc3ccnc(C=O)c3)cc2F)c(=O)n(-c2ccccc2)n1C. The fraction of sp³-hybridized carbons (Fsp3) is 0.0833. The molecule has 172 valence electrons. The molecule has 4 rings (SSSR count). The molecule has 1 N–H and O–H groups in total. The van der Waals surface area contributed by atoms with Gasteiger partial charge in [0.15, 0.2) is 23.7 Å². The lowest BCUT2D eigenvalue weighted by atomic mass is 10.2. The van der Waals surface area contributed by atoms with Crippen molar-refractivity contribution in [2.24, 2.45) is 7.05 Å². The Morgan fingerprint density at radius 2 is 1.82 bits per heavy atom. The Kier molecular flexibility index (Phi) is 6.05. The molecule has 0 radical (unpaired) electrons. The van der Waals surface area contributed by atoms with E-state index in [0.717, 1.165) is 12.1 Å². The molecule has 2 aromatic carbocycles. The summed E-state index contributed by atoms with van der Waals surface area (Å²) >= 11 is 0. The van der Waals surface area contributed by atoms with E-state index in [1.165, 1.54) is 27.7 Å². The summed E-state index contributed by atoms with van der Waals surface area (Å²) in [7, 11) is 1.61. The molecule has 1 amide bonds. The minimum Gasteiger partial charge on any atom is -0.454 e. The molecule has 34 heavy (non-hydrogen) atoms. The van der Waals surface area contributed by atoms with Crippen LogP contribution in [0.5, 0.6) is 11.5 Å². The van der Waals surface area contributed by atoms with E-state index in [-0.39, 0.29) is 17.0 Å². The normalized spacial score (nSPS) is 10.7. The zero-order chi connectivity index (χ0) is 24.4. The van der Waals surface area contributed by atoms with Crippen LogP contribution >= 0.6 is 0 Å². The molecule has 0 atom stereocenters. The van der Waals surface area contributed by atoms with Gasteiger partial charge in [-0.25, -0.2) is 13.5 Å². The number of ether oxygens (including phenoxy) is 1. The second-order valence-corrected chi connectivity index (χ2v) is 7.29. The number of hydrogen-bond donors (Lipinski definition) is 1. The third kappa shape index (κ3) is 4.20. The fourth-order valence-electron chi connectivity index (χ4n) is 3.40. The number of hydrogen-bond acceptors (Lipinski definition) is 5. The highest BCUT2D eigenvalue weighted by Gasteiger charge is 2.24. The van der Waals surface area contributed by atoms with Gasteiger partial charge in [-0.1, -0.05) is 18.2 Å². The van der Waals surface area contributed by atoms with Crippen LogP contribution in [-0.2, 0) is 7.05 Å². The number of carbonyl (C=O) groups excluding carboxylic acids is 2. The second kappa shape index (κ2) is 9.10. The lowest BCUT2D eigenvalue weighted by Gasteiger charge is -2.11. The minimum absolute atomic E-state index is 0.0571. The molecule has 0 bridgehead atoms. The first-order valence-corrected chi connectivity index (χ1v) is 10.0. The molecule has 0 saturated carbocycles. The van der Waals surface area contributed by atoms with Crippen LogP contribution < -0.4 is 15.6 Å². The molecular weight excluding hydrogens is 446 g/mol. The zero-order valence-electron chi connectivity index (χ0n) is 18.1. The van der Waals surface area contributed by atoms with E-state index in [9.17, 15) is 23.2 Å². The lowest BCUT2D eigenvalue weighted by Crippen LogP contribution is -2.25. The summed E-state index contributed by atoms with van der Waals surface area (Å²) in [6.07, 6.45) is 1.77. The summed E-state index contributed by atoms with van der Waals surface area (Å²) in [5.74, 6) is -3.21. The Hall–Kier alpha value is -4.60. The van der Waals surface area contributed by atoms with Gasteiger partial charge in [0, 0.05) is 31.4 Å². The van der Waals surface area contributed by atoms with Crippen molar-refractivity contribution in [3.63, 3.8) is 0 Å². The van der Waals surface area contributed by atoms with Gasteiger partial charge < -0.3 is 10.1 Å². The number of carbonyl (C=O) groups is 2. The third-order valence-electron chi connectivity index (χ3n) is 5.15. The highest BCUT2D eigenvalue weighted by atomic mass is 19.1. The van der Waals surface area contributed by atoms with Crippen molar-refractivity contribution in [3.8, 4) is 17.2 Å². The molecule has 4 aromatic rings. The largest absolute Gasteiger partial charge is 0.454 e. The van der Waals surface area contributed by atoms with E-state index in [1.54, 1.807) is 44.3 Å². The number of aromatic nitrogens is 3. The Morgan fingerprint density at radius 3 is 2.53 bits per heavy atom. The van der Waals surface area contributed by atoms with Gasteiger partial charge in [0.2, 0.25) is 0 Å². The van der Waals surface area contributed by atoms with E-state index >= 15 is 0 Å². The molecule has 10 heteroatoms. The van der Waals surface area contributed by atoms with Gasteiger partial charge in [-0.2, -0.15) is 0 Å². The number of aldehydes is 1. The van der Waals surface area contributed by atoms with Crippen molar-refractivity contribution in [2.45, 2.75) is 6.92 Å². The number of nitrogens with zero attached hydrogens (tertiary/aromatic N) is 3. The number of anilines is 1. The molecular formula is C24H18F2N4O4. The van der Waals surface area contributed by atoms with Crippen LogP contribution in [0.25, 0.3) is 5.69 Å². The summed E-state index contributed by atoms with van der Waals surface area (Å²) < 4.78 is 37.4. The molecule has 0 aliphatic carbocycles. The number of amides is 1. The molecule has 0 aliphatic heterocycles. The summed E-state index contributed by atoms with van der Waals surface area (Å²) in [6, 6.07) is 12.8. The minimum atomic E-state index is -0.980. The predicted molar refractivity (Wildman–Crippen MR) is 120 cm³/mol. The average molecular weight is 464 g/mol. The summed E-state index contributed by atoms with van der Waals surface area (Å²) in [6.45, 7) is 1.58. The molecule has 2 heterocycles. The Balaban J connectivity index is 1.62. The number of rotatable bonds is 6. The lowest BCUT2D eigenvalue weighted by molar-refractivity contribution is 0.102. The van der Waals surface area contributed by atoms with Crippen LogP contribution in [0.4, 0.5) is 14.5 Å². The van der Waals surface area contributed by atoms with Crippen LogP contribution in [0.1, 0.15) is 26.5 Å². The number of nitrogens with one attached hydrogen (secondary N) is 1. The van der Waals surface area contributed by atoms with Crippen molar-refractivity contribution in [1.29, 1.82) is 0 Å². The topological polar surface area (TPSA) is 95.2 Å². The first-order valence-electron chi connectivity index (χ1n) is 10.0. The van der Waals surface area contributed by atoms with Crippen LogP contribution in [0.2, 0.25) is 0 Å². The maximum absolute atomic E-state index is 14.7. The number of halogens is 2. The van der Waals surface area contributed by atoms with E-state index in [0.29, 0.717) is 17.7 Å². The van der Waals surface area contributed by atoms with Crippen molar-refractivity contribution < 1.29 is 23.1 Å². The number of pyridine rings is 1.